The molecule has 0 saturated carbocycles. The van der Waals surface area contributed by atoms with Gasteiger partial charge in [0.25, 0.3) is 0 Å². The fourth-order valence-electron chi connectivity index (χ4n) is 0.234. The van der Waals surface area contributed by atoms with Gasteiger partial charge >= 0.3 is 29.0 Å². The maximum atomic E-state index is 9.70. The molecular formula is C3H7MgNO2. The molecule has 1 aliphatic heterocycles. The molecule has 0 aliphatic carbocycles. The minimum atomic E-state index is -0.741. The molecule has 1 atom stereocenters. The van der Waals surface area contributed by atoms with E-state index in [2.05, 4.69) is 5.32 Å². The Balaban J connectivity index is -0.000000120. The van der Waals surface area contributed by atoms with Gasteiger partial charge < -0.3 is 13.3 Å². The number of hydrogen-bond donors (Lipinski definition) is 2. The van der Waals surface area contributed by atoms with E-state index in [1.807, 2.05) is 0 Å². The number of carbonyl (C=O) groups is 1. The van der Waals surface area contributed by atoms with Gasteiger partial charge in [0.15, 0.2) is 0 Å². The second-order valence-corrected chi connectivity index (χ2v) is 1.30. The van der Waals surface area contributed by atoms with Gasteiger partial charge in [0.05, 0.1) is 0 Å². The quantitative estimate of drug-likeness (QED) is 0.335. The monoisotopic (exact) mass is 113 g/mol. The molecule has 0 radical (unpaired) electrons. The van der Waals surface area contributed by atoms with Crippen molar-refractivity contribution >= 4 is 29.0 Å². The summed E-state index contributed by atoms with van der Waals surface area (Å²) in [6.07, 6.45) is 0. The second-order valence-electron chi connectivity index (χ2n) is 1.30. The molecule has 1 fully saturated rings. The molecule has 0 aromatic carbocycles. The van der Waals surface area contributed by atoms with Gasteiger partial charge in [0, 0.05) is 6.54 Å². The Morgan fingerprint density at radius 3 is 2.43 bits per heavy atom. The third-order valence-electron chi connectivity index (χ3n) is 0.706. The van der Waals surface area contributed by atoms with Crippen LogP contribution in [0.25, 0.3) is 0 Å². The van der Waals surface area contributed by atoms with Crippen LogP contribution >= 0.6 is 0 Å². The fraction of sp³-hybridized carbons (Fsp3) is 0.667. The van der Waals surface area contributed by atoms with Crippen LogP contribution in [-0.2, 0) is 4.79 Å². The van der Waals surface area contributed by atoms with Crippen molar-refractivity contribution in [2.75, 3.05) is 6.54 Å². The van der Waals surface area contributed by atoms with Gasteiger partial charge in [-0.2, -0.15) is 0 Å². The van der Waals surface area contributed by atoms with Crippen LogP contribution in [0, 0.1) is 0 Å². The van der Waals surface area contributed by atoms with Crippen molar-refractivity contribution in [2.45, 2.75) is 6.04 Å². The Hall–Kier alpha value is 0.196. The predicted molar refractivity (Wildman–Crippen MR) is 27.4 cm³/mol. The minimum Gasteiger partial charge on any atom is -1.00 e. The van der Waals surface area contributed by atoms with E-state index in [1.54, 1.807) is 0 Å². The Bertz CT molecular complexity index is 87.9. The molecule has 0 aromatic rings. The van der Waals surface area contributed by atoms with Gasteiger partial charge in [-0.15, -0.1) is 0 Å². The van der Waals surface area contributed by atoms with E-state index in [0.29, 0.717) is 6.54 Å². The zero-order chi connectivity index (χ0) is 4.57. The van der Waals surface area contributed by atoms with E-state index in [0.717, 1.165) is 0 Å². The SMILES string of the molecule is O=C(O)C1CN1.[H-].[H-].[Mg+2]. The van der Waals surface area contributed by atoms with Gasteiger partial charge in [-0.1, -0.05) is 0 Å². The Labute approximate surface area is 60.2 Å². The van der Waals surface area contributed by atoms with Crippen LogP contribution in [0.4, 0.5) is 0 Å². The van der Waals surface area contributed by atoms with E-state index in [9.17, 15) is 4.79 Å². The number of carboxylic acids is 1. The molecule has 0 spiro atoms. The van der Waals surface area contributed by atoms with Crippen molar-refractivity contribution in [1.82, 2.24) is 5.32 Å². The number of rotatable bonds is 1. The van der Waals surface area contributed by atoms with Crippen molar-refractivity contribution in [2.24, 2.45) is 0 Å². The van der Waals surface area contributed by atoms with Crippen LogP contribution < -0.4 is 5.32 Å². The standard InChI is InChI=1S/C3H5NO2.Mg.2H/c5-3(6)2-1-4-2;;;/h2,4H,1H2,(H,5,6);;;/q;+2;2*-1. The number of aliphatic carboxylic acids is 1. The molecule has 1 heterocycles. The molecule has 1 aliphatic rings. The number of carboxylic acid groups (broad SMARTS) is 1. The number of nitrogens with one attached hydrogen (secondary N) is 1. The van der Waals surface area contributed by atoms with Gasteiger partial charge in [0.1, 0.15) is 6.04 Å². The molecular weight excluding hydrogens is 106 g/mol. The third kappa shape index (κ3) is 2.11. The average Bonchev–Trinajstić information content (AvgIpc) is 2.06. The molecule has 1 saturated heterocycles. The molecule has 1 unspecified atom stereocenters. The first-order valence-electron chi connectivity index (χ1n) is 1.77. The summed E-state index contributed by atoms with van der Waals surface area (Å²) in [7, 11) is 0. The Kier molecular flexibility index (Phi) is 2.56. The smallest absolute Gasteiger partial charge is 1.00 e. The van der Waals surface area contributed by atoms with E-state index < -0.39 is 5.97 Å². The van der Waals surface area contributed by atoms with Gasteiger partial charge in [-0.05, 0) is 0 Å². The molecule has 4 heteroatoms. The summed E-state index contributed by atoms with van der Waals surface area (Å²) >= 11 is 0. The van der Waals surface area contributed by atoms with Gasteiger partial charge in [-0.25, -0.2) is 0 Å². The molecule has 0 bridgehead atoms. The number of hydrogen-bond acceptors (Lipinski definition) is 2. The second kappa shape index (κ2) is 2.49. The first-order chi connectivity index (χ1) is 2.80. The summed E-state index contributed by atoms with van der Waals surface area (Å²) in [5, 5.41) is 10.6. The topological polar surface area (TPSA) is 59.2 Å². The minimum absolute atomic E-state index is 0. The molecule has 38 valence electrons. The summed E-state index contributed by atoms with van der Waals surface area (Å²) in [4.78, 5) is 9.70. The summed E-state index contributed by atoms with van der Waals surface area (Å²) < 4.78 is 0. The first-order valence-corrected chi connectivity index (χ1v) is 1.77. The Morgan fingerprint density at radius 1 is 2.00 bits per heavy atom. The van der Waals surface area contributed by atoms with Crippen molar-refractivity contribution in [3.63, 3.8) is 0 Å². The van der Waals surface area contributed by atoms with Crippen LogP contribution in [0.1, 0.15) is 2.85 Å². The normalized spacial score (nSPS) is 25.4. The van der Waals surface area contributed by atoms with E-state index in [4.69, 9.17) is 5.11 Å². The van der Waals surface area contributed by atoms with Crippen molar-refractivity contribution in [1.29, 1.82) is 0 Å². The molecule has 1 rings (SSSR count). The summed E-state index contributed by atoms with van der Waals surface area (Å²) in [5.74, 6) is -0.741. The zero-order valence-corrected chi connectivity index (χ0v) is 5.26. The zero-order valence-electron chi connectivity index (χ0n) is 5.85. The van der Waals surface area contributed by atoms with E-state index in [1.165, 1.54) is 0 Å². The van der Waals surface area contributed by atoms with Crippen molar-refractivity contribution < 1.29 is 12.8 Å². The maximum Gasteiger partial charge on any atom is 2.00 e. The van der Waals surface area contributed by atoms with Crippen LogP contribution in [0.3, 0.4) is 0 Å². The molecule has 7 heavy (non-hydrogen) atoms. The van der Waals surface area contributed by atoms with Crippen LogP contribution in [0.5, 0.6) is 0 Å². The summed E-state index contributed by atoms with van der Waals surface area (Å²) in [5.41, 5.74) is 0. The van der Waals surface area contributed by atoms with Crippen molar-refractivity contribution in [3.05, 3.63) is 0 Å². The van der Waals surface area contributed by atoms with Gasteiger partial charge in [0.2, 0.25) is 0 Å². The largest absolute Gasteiger partial charge is 2.00 e. The van der Waals surface area contributed by atoms with Crippen LogP contribution in [-0.4, -0.2) is 46.7 Å². The molecule has 3 nitrogen and oxygen atoms in total. The Morgan fingerprint density at radius 2 is 2.43 bits per heavy atom. The molecule has 0 amide bonds. The van der Waals surface area contributed by atoms with Crippen LogP contribution in [0.2, 0.25) is 0 Å². The predicted octanol–water partition coefficient (Wildman–Crippen LogP) is -1.11. The molecule has 0 aromatic heterocycles. The summed E-state index contributed by atoms with van der Waals surface area (Å²) in [6.45, 7) is 0.648. The van der Waals surface area contributed by atoms with Gasteiger partial charge in [-0.3, -0.25) is 4.79 Å². The first kappa shape index (κ1) is 7.20. The third-order valence-corrected chi connectivity index (χ3v) is 0.706. The van der Waals surface area contributed by atoms with E-state index >= 15 is 0 Å². The van der Waals surface area contributed by atoms with Crippen LogP contribution in [0.15, 0.2) is 0 Å². The molecule has 2 N–H and O–H groups in total. The van der Waals surface area contributed by atoms with Crippen molar-refractivity contribution in [3.8, 4) is 0 Å². The summed E-state index contributed by atoms with van der Waals surface area (Å²) in [6, 6.07) is -0.231. The average molecular weight is 113 g/mol. The maximum absolute atomic E-state index is 9.70. The van der Waals surface area contributed by atoms with E-state index in [-0.39, 0.29) is 31.9 Å². The fourth-order valence-corrected chi connectivity index (χ4v) is 0.234.